The van der Waals surface area contributed by atoms with Crippen LogP contribution in [0.5, 0.6) is 5.75 Å². The summed E-state index contributed by atoms with van der Waals surface area (Å²) in [7, 11) is 1.49. The van der Waals surface area contributed by atoms with Crippen molar-refractivity contribution in [1.29, 1.82) is 0 Å². The van der Waals surface area contributed by atoms with Gasteiger partial charge in [0.15, 0.2) is 0 Å². The second-order valence-corrected chi connectivity index (χ2v) is 3.43. The second-order valence-electron chi connectivity index (χ2n) is 2.68. The van der Waals surface area contributed by atoms with Crippen molar-refractivity contribution in [2.75, 3.05) is 18.6 Å². The van der Waals surface area contributed by atoms with E-state index >= 15 is 0 Å². The van der Waals surface area contributed by atoms with Gasteiger partial charge in [0, 0.05) is 18.8 Å². The van der Waals surface area contributed by atoms with Gasteiger partial charge in [0.05, 0.1) is 7.11 Å². The first-order valence-corrected chi connectivity index (χ1v) is 5.10. The van der Waals surface area contributed by atoms with Gasteiger partial charge in [0.25, 0.3) is 0 Å². The molecule has 0 aliphatic rings. The van der Waals surface area contributed by atoms with Crippen molar-refractivity contribution in [3.8, 4) is 5.75 Å². The number of methoxy groups -OCH3 is 1. The molecule has 1 heterocycles. The molecule has 6 heteroatoms. The van der Waals surface area contributed by atoms with E-state index in [1.54, 1.807) is 19.2 Å². The Hall–Kier alpha value is -1.30. The van der Waals surface area contributed by atoms with Gasteiger partial charge in [-0.1, -0.05) is 0 Å². The van der Waals surface area contributed by atoms with Gasteiger partial charge in [0.1, 0.15) is 16.0 Å². The van der Waals surface area contributed by atoms with E-state index in [2.05, 4.69) is 20.9 Å². The zero-order chi connectivity index (χ0) is 11.4. The lowest BCUT2D eigenvalue weighted by atomic mass is 10.3. The summed E-state index contributed by atoms with van der Waals surface area (Å²) in [6.07, 6.45) is 0.506. The van der Waals surface area contributed by atoms with Gasteiger partial charge in [-0.2, -0.15) is 0 Å². The minimum absolute atomic E-state index is 0.329. The van der Waals surface area contributed by atoms with Gasteiger partial charge >= 0.3 is 6.09 Å². The third kappa shape index (κ3) is 2.38. The average Bonchev–Trinajstić information content (AvgIpc) is 2.21. The van der Waals surface area contributed by atoms with E-state index in [-0.39, 0.29) is 0 Å². The SMILES string of the molecule is CCN(C(=O)O)c1c(OC)ccnc1Br. The maximum Gasteiger partial charge on any atom is 0.412 e. The zero-order valence-electron chi connectivity index (χ0n) is 8.40. The Morgan fingerprint density at radius 2 is 2.40 bits per heavy atom. The van der Waals surface area contributed by atoms with Gasteiger partial charge in [-0.15, -0.1) is 0 Å². The fraction of sp³-hybridized carbons (Fsp3) is 0.333. The lowest BCUT2D eigenvalue weighted by molar-refractivity contribution is 0.202. The van der Waals surface area contributed by atoms with Crippen molar-refractivity contribution < 1.29 is 14.6 Å². The summed E-state index contributed by atoms with van der Waals surface area (Å²) in [6, 6.07) is 1.62. The highest BCUT2D eigenvalue weighted by atomic mass is 79.9. The first kappa shape index (κ1) is 11.8. The van der Waals surface area contributed by atoms with Gasteiger partial charge in [0.2, 0.25) is 0 Å². The average molecular weight is 275 g/mol. The molecule has 0 aliphatic carbocycles. The fourth-order valence-corrected chi connectivity index (χ4v) is 1.74. The molecule has 5 nitrogen and oxygen atoms in total. The number of rotatable bonds is 3. The van der Waals surface area contributed by atoms with Crippen molar-refractivity contribution in [1.82, 2.24) is 4.98 Å². The summed E-state index contributed by atoms with van der Waals surface area (Å²) in [5.74, 6) is 0.473. The number of nitrogens with zero attached hydrogens (tertiary/aromatic N) is 2. The van der Waals surface area contributed by atoms with Crippen LogP contribution in [0, 0.1) is 0 Å². The van der Waals surface area contributed by atoms with Crippen LogP contribution in [-0.2, 0) is 0 Å². The van der Waals surface area contributed by atoms with E-state index in [9.17, 15) is 4.79 Å². The summed E-state index contributed by atoms with van der Waals surface area (Å²) in [5.41, 5.74) is 0.426. The van der Waals surface area contributed by atoms with E-state index in [4.69, 9.17) is 9.84 Å². The molecule has 0 fully saturated rings. The van der Waals surface area contributed by atoms with Crippen LogP contribution in [0.2, 0.25) is 0 Å². The molecule has 1 rings (SSSR count). The molecule has 0 radical (unpaired) electrons. The van der Waals surface area contributed by atoms with Crippen molar-refractivity contribution in [2.24, 2.45) is 0 Å². The molecule has 1 aromatic heterocycles. The summed E-state index contributed by atoms with van der Waals surface area (Å²) in [4.78, 5) is 16.1. The van der Waals surface area contributed by atoms with E-state index in [0.29, 0.717) is 22.6 Å². The van der Waals surface area contributed by atoms with Crippen LogP contribution in [0.25, 0.3) is 0 Å². The van der Waals surface area contributed by atoms with Crippen molar-refractivity contribution in [3.05, 3.63) is 16.9 Å². The van der Waals surface area contributed by atoms with E-state index in [0.717, 1.165) is 4.90 Å². The number of carbonyl (C=O) groups is 1. The highest BCUT2D eigenvalue weighted by Gasteiger charge is 2.20. The van der Waals surface area contributed by atoms with Crippen LogP contribution < -0.4 is 9.64 Å². The fourth-order valence-electron chi connectivity index (χ4n) is 1.21. The number of pyridine rings is 1. The molecular formula is C9H11BrN2O3. The summed E-state index contributed by atoms with van der Waals surface area (Å²) >= 11 is 3.20. The van der Waals surface area contributed by atoms with Crippen molar-refractivity contribution >= 4 is 27.7 Å². The zero-order valence-corrected chi connectivity index (χ0v) is 9.98. The second kappa shape index (κ2) is 4.97. The number of amides is 1. The van der Waals surface area contributed by atoms with Crippen LogP contribution in [0.15, 0.2) is 16.9 Å². The Kier molecular flexibility index (Phi) is 3.90. The molecule has 0 aliphatic heterocycles. The number of aromatic nitrogens is 1. The smallest absolute Gasteiger partial charge is 0.412 e. The maximum atomic E-state index is 11.0. The molecule has 0 atom stereocenters. The molecule has 1 amide bonds. The number of ether oxygens (including phenoxy) is 1. The molecule has 1 N–H and O–H groups in total. The predicted molar refractivity (Wildman–Crippen MR) is 59.5 cm³/mol. The third-order valence-corrected chi connectivity index (χ3v) is 2.46. The maximum absolute atomic E-state index is 11.0. The monoisotopic (exact) mass is 274 g/mol. The Morgan fingerprint density at radius 1 is 1.73 bits per heavy atom. The van der Waals surface area contributed by atoms with Gasteiger partial charge in [-0.25, -0.2) is 9.78 Å². The van der Waals surface area contributed by atoms with E-state index in [1.807, 2.05) is 0 Å². The molecule has 0 saturated heterocycles. The minimum Gasteiger partial charge on any atom is -0.494 e. The highest BCUT2D eigenvalue weighted by molar-refractivity contribution is 9.10. The molecular weight excluding hydrogens is 264 g/mol. The third-order valence-electron chi connectivity index (χ3n) is 1.88. The van der Waals surface area contributed by atoms with E-state index in [1.165, 1.54) is 7.11 Å². The van der Waals surface area contributed by atoms with Gasteiger partial charge in [-0.05, 0) is 22.9 Å². The van der Waals surface area contributed by atoms with Crippen LogP contribution in [0.3, 0.4) is 0 Å². The molecule has 0 spiro atoms. The molecule has 0 saturated carbocycles. The first-order valence-electron chi connectivity index (χ1n) is 4.30. The number of anilines is 1. The molecule has 82 valence electrons. The molecule has 0 unspecified atom stereocenters. The Bertz CT molecular complexity index is 370. The Balaban J connectivity index is 3.26. The topological polar surface area (TPSA) is 62.7 Å². The number of hydrogen-bond acceptors (Lipinski definition) is 3. The molecule has 0 bridgehead atoms. The number of hydrogen-bond donors (Lipinski definition) is 1. The summed E-state index contributed by atoms with van der Waals surface area (Å²) in [5, 5.41) is 8.99. The van der Waals surface area contributed by atoms with Crippen LogP contribution in [-0.4, -0.2) is 29.8 Å². The molecule has 1 aromatic rings. The van der Waals surface area contributed by atoms with Crippen LogP contribution in [0.4, 0.5) is 10.5 Å². The summed E-state index contributed by atoms with van der Waals surface area (Å²) < 4.78 is 5.53. The van der Waals surface area contributed by atoms with Crippen molar-refractivity contribution in [2.45, 2.75) is 6.92 Å². The largest absolute Gasteiger partial charge is 0.494 e. The number of halogens is 1. The molecule has 15 heavy (non-hydrogen) atoms. The normalized spacial score (nSPS) is 9.80. The minimum atomic E-state index is -1.04. The standard InChI is InChI=1S/C9H11BrN2O3/c1-3-12(9(13)14)7-6(15-2)4-5-11-8(7)10/h4-5H,3H2,1-2H3,(H,13,14). The van der Waals surface area contributed by atoms with Crippen LogP contribution in [0.1, 0.15) is 6.92 Å². The van der Waals surface area contributed by atoms with Gasteiger partial charge in [-0.3, -0.25) is 4.90 Å². The Labute approximate surface area is 95.8 Å². The van der Waals surface area contributed by atoms with Crippen molar-refractivity contribution in [3.63, 3.8) is 0 Å². The lowest BCUT2D eigenvalue weighted by Gasteiger charge is -2.20. The quantitative estimate of drug-likeness (QED) is 0.860. The predicted octanol–water partition coefficient (Wildman–Crippen LogP) is 2.36. The number of carboxylic acid groups (broad SMARTS) is 1. The van der Waals surface area contributed by atoms with Crippen LogP contribution >= 0.6 is 15.9 Å². The van der Waals surface area contributed by atoms with Gasteiger partial charge < -0.3 is 9.84 Å². The first-order chi connectivity index (χ1) is 7.11. The molecule has 0 aromatic carbocycles. The van der Waals surface area contributed by atoms with E-state index < -0.39 is 6.09 Å². The Morgan fingerprint density at radius 3 is 2.87 bits per heavy atom. The highest BCUT2D eigenvalue weighted by Crippen LogP contribution is 2.33. The lowest BCUT2D eigenvalue weighted by Crippen LogP contribution is -2.29. The summed E-state index contributed by atoms with van der Waals surface area (Å²) in [6.45, 7) is 2.07.